The van der Waals surface area contributed by atoms with E-state index in [1.54, 1.807) is 23.9 Å². The van der Waals surface area contributed by atoms with Crippen molar-refractivity contribution in [1.29, 1.82) is 0 Å². The highest BCUT2D eigenvalue weighted by atomic mass is 32.2. The molecule has 0 saturated carbocycles. The van der Waals surface area contributed by atoms with Gasteiger partial charge < -0.3 is 10.2 Å². The SMILES string of the molecule is CCCNC(C)c1cc(F)ccc1SCCN(C)C. The number of nitrogens with one attached hydrogen (secondary N) is 1. The highest BCUT2D eigenvalue weighted by Crippen LogP contribution is 2.28. The highest BCUT2D eigenvalue weighted by molar-refractivity contribution is 7.99. The van der Waals surface area contributed by atoms with Crippen molar-refractivity contribution in [1.82, 2.24) is 10.2 Å². The lowest BCUT2D eigenvalue weighted by molar-refractivity contribution is 0.437. The Kier molecular flexibility index (Phi) is 7.42. The molecule has 0 aliphatic carbocycles. The third-order valence-electron chi connectivity index (χ3n) is 2.93. The summed E-state index contributed by atoms with van der Waals surface area (Å²) in [5, 5.41) is 3.42. The Morgan fingerprint density at radius 2 is 2.11 bits per heavy atom. The summed E-state index contributed by atoms with van der Waals surface area (Å²) in [6.45, 7) is 6.22. The Morgan fingerprint density at radius 1 is 1.37 bits per heavy atom. The Labute approximate surface area is 120 Å². The van der Waals surface area contributed by atoms with Crippen LogP contribution in [0.4, 0.5) is 4.39 Å². The summed E-state index contributed by atoms with van der Waals surface area (Å²) in [7, 11) is 4.13. The molecule has 2 nitrogen and oxygen atoms in total. The second-order valence-electron chi connectivity index (χ2n) is 5.01. The number of hydrogen-bond acceptors (Lipinski definition) is 3. The molecule has 0 aliphatic heterocycles. The van der Waals surface area contributed by atoms with Gasteiger partial charge in [0.2, 0.25) is 0 Å². The largest absolute Gasteiger partial charge is 0.310 e. The molecule has 1 aromatic rings. The Bertz CT molecular complexity index is 382. The second-order valence-corrected chi connectivity index (χ2v) is 6.15. The highest BCUT2D eigenvalue weighted by Gasteiger charge is 2.11. The number of rotatable bonds is 8. The number of hydrogen-bond donors (Lipinski definition) is 1. The van der Waals surface area contributed by atoms with Crippen LogP contribution < -0.4 is 5.32 Å². The van der Waals surface area contributed by atoms with Gasteiger partial charge in [-0.05, 0) is 57.7 Å². The van der Waals surface area contributed by atoms with E-state index in [2.05, 4.69) is 38.2 Å². The summed E-state index contributed by atoms with van der Waals surface area (Å²) in [5.74, 6) is 0.865. The van der Waals surface area contributed by atoms with Gasteiger partial charge in [0.25, 0.3) is 0 Å². The van der Waals surface area contributed by atoms with E-state index in [1.165, 1.54) is 4.90 Å². The average molecular weight is 284 g/mol. The average Bonchev–Trinajstić information content (AvgIpc) is 2.37. The van der Waals surface area contributed by atoms with Crippen molar-refractivity contribution in [3.63, 3.8) is 0 Å². The van der Waals surface area contributed by atoms with Crippen LogP contribution in [-0.4, -0.2) is 37.8 Å². The van der Waals surface area contributed by atoms with Gasteiger partial charge in [-0.2, -0.15) is 0 Å². The lowest BCUT2D eigenvalue weighted by atomic mass is 10.1. The van der Waals surface area contributed by atoms with Crippen molar-refractivity contribution in [2.45, 2.75) is 31.2 Å². The van der Waals surface area contributed by atoms with Gasteiger partial charge >= 0.3 is 0 Å². The minimum atomic E-state index is -0.155. The second kappa shape index (κ2) is 8.56. The van der Waals surface area contributed by atoms with E-state index in [0.29, 0.717) is 0 Å². The first-order valence-electron chi connectivity index (χ1n) is 6.85. The van der Waals surface area contributed by atoms with Crippen molar-refractivity contribution < 1.29 is 4.39 Å². The van der Waals surface area contributed by atoms with Crippen LogP contribution in [0.1, 0.15) is 31.9 Å². The van der Waals surface area contributed by atoms with Gasteiger partial charge in [-0.15, -0.1) is 11.8 Å². The maximum absolute atomic E-state index is 13.4. The van der Waals surface area contributed by atoms with E-state index >= 15 is 0 Å². The van der Waals surface area contributed by atoms with Gasteiger partial charge in [0.15, 0.2) is 0 Å². The first kappa shape index (κ1) is 16.5. The first-order valence-corrected chi connectivity index (χ1v) is 7.83. The van der Waals surface area contributed by atoms with Crippen molar-refractivity contribution in [2.24, 2.45) is 0 Å². The molecule has 0 aliphatic rings. The lowest BCUT2D eigenvalue weighted by Gasteiger charge is -2.18. The van der Waals surface area contributed by atoms with E-state index < -0.39 is 0 Å². The van der Waals surface area contributed by atoms with Crippen LogP contribution in [-0.2, 0) is 0 Å². The fourth-order valence-electron chi connectivity index (χ4n) is 1.80. The minimum Gasteiger partial charge on any atom is -0.310 e. The summed E-state index contributed by atoms with van der Waals surface area (Å²) in [5.41, 5.74) is 1.07. The minimum absolute atomic E-state index is 0.155. The Balaban J connectivity index is 2.73. The molecule has 19 heavy (non-hydrogen) atoms. The zero-order chi connectivity index (χ0) is 14.3. The summed E-state index contributed by atoms with van der Waals surface area (Å²) < 4.78 is 13.4. The molecule has 108 valence electrons. The van der Waals surface area contributed by atoms with Crippen molar-refractivity contribution in [3.8, 4) is 0 Å². The van der Waals surface area contributed by atoms with Gasteiger partial charge in [-0.3, -0.25) is 0 Å². The van der Waals surface area contributed by atoms with E-state index in [4.69, 9.17) is 0 Å². The number of benzene rings is 1. The van der Waals surface area contributed by atoms with Crippen molar-refractivity contribution in [3.05, 3.63) is 29.6 Å². The smallest absolute Gasteiger partial charge is 0.123 e. The number of halogens is 1. The van der Waals surface area contributed by atoms with Crippen LogP contribution >= 0.6 is 11.8 Å². The van der Waals surface area contributed by atoms with Crippen LogP contribution in [0.15, 0.2) is 23.1 Å². The maximum atomic E-state index is 13.4. The summed E-state index contributed by atoms with van der Waals surface area (Å²) in [6, 6.07) is 5.30. The molecule has 0 heterocycles. The van der Waals surface area contributed by atoms with E-state index in [-0.39, 0.29) is 11.9 Å². The zero-order valence-corrected chi connectivity index (χ0v) is 13.2. The molecule has 1 aromatic carbocycles. The van der Waals surface area contributed by atoms with Gasteiger partial charge in [0, 0.05) is 23.2 Å². The van der Waals surface area contributed by atoms with Crippen LogP contribution in [0, 0.1) is 5.82 Å². The molecule has 0 bridgehead atoms. The molecule has 1 rings (SSSR count). The topological polar surface area (TPSA) is 15.3 Å². The quantitative estimate of drug-likeness (QED) is 0.735. The Morgan fingerprint density at radius 3 is 2.74 bits per heavy atom. The van der Waals surface area contributed by atoms with Gasteiger partial charge in [-0.25, -0.2) is 4.39 Å². The fraction of sp³-hybridized carbons (Fsp3) is 0.600. The van der Waals surface area contributed by atoms with E-state index in [9.17, 15) is 4.39 Å². The normalized spacial score (nSPS) is 12.9. The standard InChI is InChI=1S/C15H25FN2S/c1-5-8-17-12(2)14-11-13(16)6-7-15(14)19-10-9-18(3)4/h6-7,11-12,17H,5,8-10H2,1-4H3. The predicted molar refractivity (Wildman–Crippen MR) is 82.4 cm³/mol. The molecule has 0 fully saturated rings. The fourth-order valence-corrected chi connectivity index (χ4v) is 3.04. The van der Waals surface area contributed by atoms with Crippen LogP contribution in [0.5, 0.6) is 0 Å². The maximum Gasteiger partial charge on any atom is 0.123 e. The van der Waals surface area contributed by atoms with Gasteiger partial charge in [-0.1, -0.05) is 6.92 Å². The molecule has 1 N–H and O–H groups in total. The molecule has 4 heteroatoms. The molecule has 0 spiro atoms. The number of thioether (sulfide) groups is 1. The molecule has 1 atom stereocenters. The van der Waals surface area contributed by atoms with E-state index in [1.807, 2.05) is 6.07 Å². The molecule has 0 radical (unpaired) electrons. The monoisotopic (exact) mass is 284 g/mol. The van der Waals surface area contributed by atoms with Crippen LogP contribution in [0.2, 0.25) is 0 Å². The van der Waals surface area contributed by atoms with Crippen molar-refractivity contribution in [2.75, 3.05) is 32.9 Å². The molecule has 0 saturated heterocycles. The predicted octanol–water partition coefficient (Wildman–Crippen LogP) is 3.54. The molecule has 0 aromatic heterocycles. The summed E-state index contributed by atoms with van der Waals surface area (Å²) in [4.78, 5) is 3.34. The Hall–Kier alpha value is -0.580. The van der Waals surface area contributed by atoms with E-state index in [0.717, 1.165) is 30.8 Å². The van der Waals surface area contributed by atoms with Crippen LogP contribution in [0.25, 0.3) is 0 Å². The molecular weight excluding hydrogens is 259 g/mol. The number of nitrogens with zero attached hydrogens (tertiary/aromatic N) is 1. The van der Waals surface area contributed by atoms with Gasteiger partial charge in [0.1, 0.15) is 5.82 Å². The molecule has 1 unspecified atom stereocenters. The van der Waals surface area contributed by atoms with Gasteiger partial charge in [0.05, 0.1) is 0 Å². The lowest BCUT2D eigenvalue weighted by Crippen LogP contribution is -2.20. The molecule has 0 amide bonds. The first-order chi connectivity index (χ1) is 9.04. The zero-order valence-electron chi connectivity index (χ0n) is 12.4. The van der Waals surface area contributed by atoms with Crippen LogP contribution in [0.3, 0.4) is 0 Å². The third-order valence-corrected chi connectivity index (χ3v) is 4.00. The summed E-state index contributed by atoms with van der Waals surface area (Å²) >= 11 is 1.80. The third kappa shape index (κ3) is 5.93. The van der Waals surface area contributed by atoms with Crippen molar-refractivity contribution >= 4 is 11.8 Å². The summed E-state index contributed by atoms with van der Waals surface area (Å²) in [6.07, 6.45) is 1.09. The molecular formula is C15H25FN2S.